The van der Waals surface area contributed by atoms with E-state index in [0.29, 0.717) is 17.9 Å². The number of ether oxygens (including phenoxy) is 1. The molecule has 2 atom stereocenters. The van der Waals surface area contributed by atoms with Crippen molar-refractivity contribution in [3.63, 3.8) is 0 Å². The zero-order chi connectivity index (χ0) is 17.6. The lowest BCUT2D eigenvalue weighted by Gasteiger charge is -2.34. The average Bonchev–Trinajstić information content (AvgIpc) is 3.36. The van der Waals surface area contributed by atoms with Crippen molar-refractivity contribution in [3.8, 4) is 10.9 Å². The SMILES string of the molecule is OC1([C@@H]2COc3c(F)ccc(F)c3C2C#Sc2ccc(Cl)cc2)CC1. The standard InChI is InChI=1S/C19H15ClF2O2S/c20-11-1-3-12(4-2-11)25-10-13-14(19(23)7-8-19)9-24-18-16(22)6-5-15(21)17(13)18/h1-6,13-14,23H,7-9H2/t13?,14-/m1/s1. The number of benzene rings is 2. The van der Waals surface area contributed by atoms with E-state index in [0.717, 1.165) is 17.0 Å². The van der Waals surface area contributed by atoms with Gasteiger partial charge in [-0.25, -0.2) is 8.78 Å². The summed E-state index contributed by atoms with van der Waals surface area (Å²) in [5, 5.41) is 14.4. The second kappa shape index (κ2) is 6.26. The molecule has 0 spiro atoms. The zero-order valence-electron chi connectivity index (χ0n) is 13.1. The molecule has 0 bridgehead atoms. The topological polar surface area (TPSA) is 29.5 Å². The monoisotopic (exact) mass is 380 g/mol. The molecule has 2 aromatic rings. The van der Waals surface area contributed by atoms with Gasteiger partial charge in [-0.15, -0.1) is 0 Å². The lowest BCUT2D eigenvalue weighted by atomic mass is 9.80. The molecule has 0 saturated heterocycles. The Balaban J connectivity index is 1.79. The van der Waals surface area contributed by atoms with E-state index in [1.54, 1.807) is 12.1 Å². The minimum Gasteiger partial charge on any atom is -0.490 e. The third-order valence-electron chi connectivity index (χ3n) is 4.79. The highest BCUT2D eigenvalue weighted by atomic mass is 35.5. The van der Waals surface area contributed by atoms with Gasteiger partial charge in [0.2, 0.25) is 0 Å². The van der Waals surface area contributed by atoms with Gasteiger partial charge >= 0.3 is 0 Å². The Kier molecular flexibility index (Phi) is 4.20. The molecule has 2 nitrogen and oxygen atoms in total. The van der Waals surface area contributed by atoms with Crippen molar-refractivity contribution in [2.24, 2.45) is 5.92 Å². The summed E-state index contributed by atoms with van der Waals surface area (Å²) in [5.41, 5.74) is -0.757. The Morgan fingerprint density at radius 3 is 2.48 bits per heavy atom. The Labute approximate surface area is 153 Å². The van der Waals surface area contributed by atoms with Gasteiger partial charge in [0, 0.05) is 21.4 Å². The summed E-state index contributed by atoms with van der Waals surface area (Å²) in [6.07, 6.45) is 1.27. The fourth-order valence-corrected chi connectivity index (χ4v) is 4.14. The predicted molar refractivity (Wildman–Crippen MR) is 93.5 cm³/mol. The summed E-state index contributed by atoms with van der Waals surface area (Å²) in [7, 11) is 0. The van der Waals surface area contributed by atoms with Crippen LogP contribution in [0.15, 0.2) is 41.3 Å². The number of hydrogen-bond acceptors (Lipinski definition) is 2. The van der Waals surface area contributed by atoms with Crippen LogP contribution in [0.4, 0.5) is 8.78 Å². The first-order valence-electron chi connectivity index (χ1n) is 7.99. The molecule has 6 heteroatoms. The molecular formula is C19H15ClF2O2S. The van der Waals surface area contributed by atoms with Crippen LogP contribution in [0, 0.1) is 22.7 Å². The Hall–Kier alpha value is -1.65. The molecule has 1 fully saturated rings. The molecule has 0 radical (unpaired) electrons. The Bertz CT molecular complexity index is 885. The van der Waals surface area contributed by atoms with Crippen LogP contribution in [0.1, 0.15) is 24.3 Å². The van der Waals surface area contributed by atoms with Crippen LogP contribution < -0.4 is 4.74 Å². The van der Waals surface area contributed by atoms with E-state index < -0.39 is 23.2 Å². The lowest BCUT2D eigenvalue weighted by molar-refractivity contribution is 0.0343. The van der Waals surface area contributed by atoms with Crippen molar-refractivity contribution >= 4 is 22.8 Å². The van der Waals surface area contributed by atoms with E-state index in [4.69, 9.17) is 16.3 Å². The second-order valence-electron chi connectivity index (χ2n) is 6.44. The van der Waals surface area contributed by atoms with Crippen LogP contribution in [0.3, 0.4) is 0 Å². The van der Waals surface area contributed by atoms with Crippen LogP contribution in [0.2, 0.25) is 5.02 Å². The van der Waals surface area contributed by atoms with E-state index >= 15 is 0 Å². The molecule has 1 aliphatic carbocycles. The van der Waals surface area contributed by atoms with Gasteiger partial charge in [-0.1, -0.05) is 28.0 Å². The molecule has 130 valence electrons. The van der Waals surface area contributed by atoms with Crippen LogP contribution in [-0.4, -0.2) is 17.3 Å². The van der Waals surface area contributed by atoms with Crippen molar-refractivity contribution in [1.82, 2.24) is 0 Å². The van der Waals surface area contributed by atoms with Crippen LogP contribution in [-0.2, 0) is 0 Å². The maximum atomic E-state index is 14.5. The second-order valence-corrected chi connectivity index (χ2v) is 7.79. The van der Waals surface area contributed by atoms with Crippen LogP contribution >= 0.6 is 22.8 Å². The molecule has 25 heavy (non-hydrogen) atoms. The number of fused-ring (bicyclic) bond motifs is 1. The van der Waals surface area contributed by atoms with Gasteiger partial charge in [0.25, 0.3) is 0 Å². The maximum absolute atomic E-state index is 14.5. The zero-order valence-corrected chi connectivity index (χ0v) is 14.7. The number of hydrogen-bond donors (Lipinski definition) is 1. The predicted octanol–water partition coefficient (Wildman–Crippen LogP) is 4.99. The number of aliphatic hydroxyl groups is 1. The minimum atomic E-state index is -0.894. The summed E-state index contributed by atoms with van der Waals surface area (Å²) >= 11 is 7.18. The van der Waals surface area contributed by atoms with Gasteiger partial charge in [0.15, 0.2) is 11.6 Å². The van der Waals surface area contributed by atoms with Crippen molar-refractivity contribution in [2.75, 3.05) is 6.61 Å². The molecule has 4 rings (SSSR count). The normalized spacial score (nSPS) is 23.2. The summed E-state index contributed by atoms with van der Waals surface area (Å²) in [6.45, 7) is 0.142. The van der Waals surface area contributed by atoms with Crippen molar-refractivity contribution in [2.45, 2.75) is 29.3 Å². The third-order valence-corrected chi connectivity index (χ3v) is 5.92. The fourth-order valence-electron chi connectivity index (χ4n) is 3.20. The quantitative estimate of drug-likeness (QED) is 0.755. The molecule has 2 aliphatic rings. The first-order valence-corrected chi connectivity index (χ1v) is 9.18. The van der Waals surface area contributed by atoms with Gasteiger partial charge < -0.3 is 9.84 Å². The third kappa shape index (κ3) is 3.13. The van der Waals surface area contributed by atoms with E-state index in [1.807, 2.05) is 12.1 Å². The van der Waals surface area contributed by atoms with Crippen molar-refractivity contribution in [3.05, 3.63) is 58.6 Å². The first kappa shape index (κ1) is 16.8. The summed E-state index contributed by atoms with van der Waals surface area (Å²) in [5.74, 6) is -2.13. The molecule has 1 unspecified atom stereocenters. The molecule has 2 aromatic carbocycles. The molecule has 1 heterocycles. The van der Waals surface area contributed by atoms with E-state index in [-0.39, 0.29) is 23.8 Å². The highest BCUT2D eigenvalue weighted by molar-refractivity contribution is 7.88. The van der Waals surface area contributed by atoms with E-state index in [9.17, 15) is 13.9 Å². The molecule has 1 saturated carbocycles. The van der Waals surface area contributed by atoms with Crippen molar-refractivity contribution in [1.29, 1.82) is 0 Å². The smallest absolute Gasteiger partial charge is 0.165 e. The lowest BCUT2D eigenvalue weighted by Crippen LogP contribution is -2.37. The van der Waals surface area contributed by atoms with Gasteiger partial charge in [-0.3, -0.25) is 0 Å². The first-order chi connectivity index (χ1) is 12.0. The van der Waals surface area contributed by atoms with Gasteiger partial charge in [-0.05, 0) is 49.2 Å². The van der Waals surface area contributed by atoms with Gasteiger partial charge in [0.1, 0.15) is 5.82 Å². The summed E-state index contributed by atoms with van der Waals surface area (Å²) < 4.78 is 34.0. The van der Waals surface area contributed by atoms with Crippen molar-refractivity contribution < 1.29 is 18.6 Å². The fraction of sp³-hybridized carbons (Fsp3) is 0.316. The largest absolute Gasteiger partial charge is 0.490 e. The molecule has 1 N–H and O–H groups in total. The number of halogens is 3. The highest BCUT2D eigenvalue weighted by Crippen LogP contribution is 2.52. The minimum absolute atomic E-state index is 0.0743. The van der Waals surface area contributed by atoms with Gasteiger partial charge in [-0.2, -0.15) is 0 Å². The molecule has 1 aliphatic heterocycles. The molecular weight excluding hydrogens is 366 g/mol. The summed E-state index contributed by atoms with van der Waals surface area (Å²) in [6, 6.07) is 9.35. The van der Waals surface area contributed by atoms with E-state index in [2.05, 4.69) is 5.18 Å². The highest BCUT2D eigenvalue weighted by Gasteiger charge is 2.53. The van der Waals surface area contributed by atoms with Crippen LogP contribution in [0.5, 0.6) is 5.75 Å². The van der Waals surface area contributed by atoms with Gasteiger partial charge in [0.05, 0.1) is 18.1 Å². The Morgan fingerprint density at radius 2 is 1.80 bits per heavy atom. The Morgan fingerprint density at radius 1 is 1.12 bits per heavy atom. The molecule has 0 aromatic heterocycles. The van der Waals surface area contributed by atoms with Crippen LogP contribution in [0.25, 0.3) is 0 Å². The van der Waals surface area contributed by atoms with E-state index in [1.165, 1.54) is 11.2 Å². The summed E-state index contributed by atoms with van der Waals surface area (Å²) in [4.78, 5) is 0.885. The maximum Gasteiger partial charge on any atom is 0.165 e. The number of rotatable bonds is 1. The average molecular weight is 381 g/mol. The molecule has 0 amide bonds.